The van der Waals surface area contributed by atoms with Gasteiger partial charge in [0, 0.05) is 51.6 Å². The van der Waals surface area contributed by atoms with Gasteiger partial charge in [-0.25, -0.2) is 13.1 Å². The van der Waals surface area contributed by atoms with Gasteiger partial charge < -0.3 is 14.5 Å². The molecule has 1 N–H and O–H groups in total. The van der Waals surface area contributed by atoms with E-state index < -0.39 is 10.0 Å². The Morgan fingerprint density at radius 3 is 2.71 bits per heavy atom. The number of fused-ring (bicyclic) bond motifs is 1. The quantitative estimate of drug-likeness (QED) is 0.743. The third kappa shape index (κ3) is 4.52. The van der Waals surface area contributed by atoms with Crippen molar-refractivity contribution in [2.24, 2.45) is 0 Å². The number of nitrogens with one attached hydrogen (secondary N) is 1. The summed E-state index contributed by atoms with van der Waals surface area (Å²) in [5, 5.41) is 0. The molecule has 8 heteroatoms. The lowest BCUT2D eigenvalue weighted by Crippen LogP contribution is -2.34. The Morgan fingerprint density at radius 1 is 1.14 bits per heavy atom. The van der Waals surface area contributed by atoms with Gasteiger partial charge in [-0.05, 0) is 29.8 Å². The van der Waals surface area contributed by atoms with Crippen molar-refractivity contribution in [2.75, 3.05) is 45.3 Å². The smallest absolute Gasteiger partial charge is 0.254 e. The number of hydrogen-bond donors (Lipinski definition) is 1. The van der Waals surface area contributed by atoms with E-state index in [1.165, 1.54) is 19.2 Å². The highest BCUT2D eigenvalue weighted by molar-refractivity contribution is 7.89. The summed E-state index contributed by atoms with van der Waals surface area (Å²) in [4.78, 5) is 17.0. The highest BCUT2D eigenvalue weighted by Gasteiger charge is 2.23. The molecule has 0 spiro atoms. The van der Waals surface area contributed by atoms with Crippen LogP contribution in [0.4, 0.5) is 5.69 Å². The Morgan fingerprint density at radius 2 is 1.93 bits per heavy atom. The van der Waals surface area contributed by atoms with E-state index in [-0.39, 0.29) is 24.0 Å². The lowest BCUT2D eigenvalue weighted by molar-refractivity contribution is 0.0751. The van der Waals surface area contributed by atoms with Crippen LogP contribution in [0.2, 0.25) is 0 Å². The van der Waals surface area contributed by atoms with E-state index in [0.717, 1.165) is 11.3 Å². The lowest BCUT2D eigenvalue weighted by Gasteiger charge is -2.21. The fourth-order valence-corrected chi connectivity index (χ4v) is 4.26. The third-order valence-electron chi connectivity index (χ3n) is 4.75. The first-order chi connectivity index (χ1) is 13.4. The molecule has 1 heterocycles. The largest absolute Gasteiger partial charge is 0.383 e. The number of benzene rings is 2. The van der Waals surface area contributed by atoms with Crippen LogP contribution < -0.4 is 9.62 Å². The number of hydrogen-bond acceptors (Lipinski definition) is 5. The molecular formula is C20H25N3O4S. The van der Waals surface area contributed by atoms with Crippen LogP contribution in [0.15, 0.2) is 53.4 Å². The van der Waals surface area contributed by atoms with Crippen LogP contribution in [-0.2, 0) is 21.3 Å². The maximum absolute atomic E-state index is 13.1. The molecule has 0 saturated carbocycles. The zero-order valence-electron chi connectivity index (χ0n) is 16.1. The van der Waals surface area contributed by atoms with E-state index in [1.54, 1.807) is 17.0 Å². The van der Waals surface area contributed by atoms with Crippen LogP contribution in [0, 0.1) is 0 Å². The fraction of sp³-hybridized carbons (Fsp3) is 0.350. The van der Waals surface area contributed by atoms with Gasteiger partial charge in [0.15, 0.2) is 0 Å². The molecule has 1 aliphatic heterocycles. The molecule has 150 valence electrons. The molecule has 0 unspecified atom stereocenters. The van der Waals surface area contributed by atoms with Gasteiger partial charge in [0.2, 0.25) is 10.0 Å². The molecule has 2 aromatic rings. The number of carbonyl (C=O) groups excluding carboxylic acids is 1. The van der Waals surface area contributed by atoms with Crippen LogP contribution in [-0.4, -0.2) is 59.6 Å². The molecule has 1 aliphatic rings. The second kappa shape index (κ2) is 8.72. The summed E-state index contributed by atoms with van der Waals surface area (Å²) >= 11 is 0. The van der Waals surface area contributed by atoms with Gasteiger partial charge in [0.25, 0.3) is 5.91 Å². The Labute approximate surface area is 166 Å². The van der Waals surface area contributed by atoms with E-state index >= 15 is 0 Å². The third-order valence-corrected chi connectivity index (χ3v) is 6.20. The van der Waals surface area contributed by atoms with Crippen molar-refractivity contribution in [3.05, 3.63) is 59.7 Å². The summed E-state index contributed by atoms with van der Waals surface area (Å²) in [6.45, 7) is 2.21. The van der Waals surface area contributed by atoms with Crippen molar-refractivity contribution in [1.29, 1.82) is 0 Å². The number of methoxy groups -OCH3 is 1. The number of likely N-dealkylation sites (N-methyl/N-ethyl adjacent to an activating group) is 1. The van der Waals surface area contributed by atoms with Crippen molar-refractivity contribution in [1.82, 2.24) is 9.62 Å². The van der Waals surface area contributed by atoms with Gasteiger partial charge in [-0.15, -0.1) is 0 Å². The van der Waals surface area contributed by atoms with Crippen LogP contribution in [0.1, 0.15) is 15.9 Å². The minimum Gasteiger partial charge on any atom is -0.383 e. The lowest BCUT2D eigenvalue weighted by atomic mass is 10.1. The molecule has 0 radical (unpaired) electrons. The Kier molecular flexibility index (Phi) is 6.33. The Balaban J connectivity index is 1.82. The van der Waals surface area contributed by atoms with Crippen LogP contribution in [0.25, 0.3) is 0 Å². The van der Waals surface area contributed by atoms with E-state index in [9.17, 15) is 13.2 Å². The number of sulfonamides is 1. The molecule has 0 fully saturated rings. The van der Waals surface area contributed by atoms with Gasteiger partial charge in [0.1, 0.15) is 0 Å². The second-order valence-corrected chi connectivity index (χ2v) is 8.46. The highest BCUT2D eigenvalue weighted by atomic mass is 32.2. The van der Waals surface area contributed by atoms with Crippen LogP contribution in [0.3, 0.4) is 0 Å². The van der Waals surface area contributed by atoms with Crippen molar-refractivity contribution in [2.45, 2.75) is 11.4 Å². The van der Waals surface area contributed by atoms with Crippen LogP contribution in [0.5, 0.6) is 0 Å². The van der Waals surface area contributed by atoms with Gasteiger partial charge in [-0.3, -0.25) is 4.79 Å². The van der Waals surface area contributed by atoms with Gasteiger partial charge in [-0.2, -0.15) is 0 Å². The summed E-state index contributed by atoms with van der Waals surface area (Å²) in [5.41, 5.74) is 2.54. The zero-order valence-corrected chi connectivity index (χ0v) is 16.9. The van der Waals surface area contributed by atoms with Crippen molar-refractivity contribution in [3.8, 4) is 0 Å². The Bertz CT molecular complexity index is 946. The highest BCUT2D eigenvalue weighted by Crippen LogP contribution is 2.25. The monoisotopic (exact) mass is 403 g/mol. The van der Waals surface area contributed by atoms with Crippen molar-refractivity contribution in [3.63, 3.8) is 0 Å². The second-order valence-electron chi connectivity index (χ2n) is 6.70. The molecule has 1 amide bonds. The number of anilines is 1. The SMILES string of the molecule is COCCNS(=O)(=O)c1cccc(C(=O)N2CCN(C)c3ccccc3C2)c1. The number of nitrogens with zero attached hydrogens (tertiary/aromatic N) is 2. The Hall–Kier alpha value is -2.42. The molecule has 0 aliphatic carbocycles. The minimum absolute atomic E-state index is 0.0711. The molecule has 0 aromatic heterocycles. The number of carbonyl (C=O) groups is 1. The van der Waals surface area contributed by atoms with E-state index in [2.05, 4.69) is 9.62 Å². The maximum atomic E-state index is 13.1. The van der Waals surface area contributed by atoms with E-state index in [1.807, 2.05) is 31.3 Å². The minimum atomic E-state index is -3.69. The first kappa shape index (κ1) is 20.3. The standard InChI is InChI=1S/C20H25N3O4S/c1-22-11-12-23(15-17-6-3-4-9-19(17)22)20(24)16-7-5-8-18(14-16)28(25,26)21-10-13-27-2/h3-9,14,21H,10-13,15H2,1-2H3. The molecule has 2 aromatic carbocycles. The van der Waals surface area contributed by atoms with Crippen LogP contribution >= 0.6 is 0 Å². The zero-order chi connectivity index (χ0) is 20.1. The maximum Gasteiger partial charge on any atom is 0.254 e. The number of rotatable bonds is 6. The number of amides is 1. The topological polar surface area (TPSA) is 78.9 Å². The average Bonchev–Trinajstić information content (AvgIpc) is 2.87. The number of para-hydroxylation sites is 1. The summed E-state index contributed by atoms with van der Waals surface area (Å²) in [6.07, 6.45) is 0. The summed E-state index contributed by atoms with van der Waals surface area (Å²) in [5.74, 6) is -0.181. The van der Waals surface area contributed by atoms with Gasteiger partial charge >= 0.3 is 0 Å². The van der Waals surface area contributed by atoms with Gasteiger partial charge in [-0.1, -0.05) is 24.3 Å². The fourth-order valence-electron chi connectivity index (χ4n) is 3.21. The van der Waals surface area contributed by atoms with Crippen molar-refractivity contribution >= 4 is 21.6 Å². The normalized spacial score (nSPS) is 14.5. The van der Waals surface area contributed by atoms with E-state index in [4.69, 9.17) is 4.74 Å². The van der Waals surface area contributed by atoms with Crippen molar-refractivity contribution < 1.29 is 17.9 Å². The first-order valence-corrected chi connectivity index (χ1v) is 10.6. The molecule has 7 nitrogen and oxygen atoms in total. The molecular weight excluding hydrogens is 378 g/mol. The summed E-state index contributed by atoms with van der Waals surface area (Å²) < 4.78 is 32.2. The van der Waals surface area contributed by atoms with E-state index in [0.29, 0.717) is 25.2 Å². The predicted molar refractivity (Wildman–Crippen MR) is 108 cm³/mol. The molecule has 0 bridgehead atoms. The molecule has 3 rings (SSSR count). The molecule has 28 heavy (non-hydrogen) atoms. The number of ether oxygens (including phenoxy) is 1. The summed E-state index contributed by atoms with van der Waals surface area (Å²) in [7, 11) is -0.183. The first-order valence-electron chi connectivity index (χ1n) is 9.09. The molecule has 0 saturated heterocycles. The predicted octanol–water partition coefficient (Wildman–Crippen LogP) is 1.70. The average molecular weight is 404 g/mol. The molecule has 0 atom stereocenters. The van der Waals surface area contributed by atoms with Gasteiger partial charge in [0.05, 0.1) is 11.5 Å². The summed E-state index contributed by atoms with van der Waals surface area (Å²) in [6, 6.07) is 14.2.